The summed E-state index contributed by atoms with van der Waals surface area (Å²) in [4.78, 5) is 11.5. The van der Waals surface area contributed by atoms with Crippen molar-refractivity contribution >= 4 is 16.1 Å². The average Bonchev–Trinajstić information content (AvgIpc) is 3.14. The summed E-state index contributed by atoms with van der Waals surface area (Å²) in [6, 6.07) is 0. The van der Waals surface area contributed by atoms with Crippen LogP contribution in [0.5, 0.6) is 11.8 Å². The van der Waals surface area contributed by atoms with Gasteiger partial charge < -0.3 is 19.7 Å². The van der Waals surface area contributed by atoms with Crippen molar-refractivity contribution in [1.29, 1.82) is 0 Å². The molecule has 0 amide bonds. The number of hydrogen-bond acceptors (Lipinski definition) is 7. The predicted molar refractivity (Wildman–Crippen MR) is 75.4 cm³/mol. The molecule has 1 aromatic heterocycles. The molecule has 0 fully saturated rings. The lowest BCUT2D eigenvalue weighted by molar-refractivity contribution is -0.140. The van der Waals surface area contributed by atoms with Gasteiger partial charge in [0.1, 0.15) is 12.2 Å². The zero-order valence-corrected chi connectivity index (χ0v) is 12.9. The molecule has 23 heavy (non-hydrogen) atoms. The maximum Gasteiger partial charge on any atom is 0.326 e. The van der Waals surface area contributed by atoms with Crippen LogP contribution in [0, 0.1) is 0 Å². The van der Waals surface area contributed by atoms with Crippen molar-refractivity contribution in [3.05, 3.63) is 23.3 Å². The van der Waals surface area contributed by atoms with E-state index in [0.29, 0.717) is 11.1 Å². The van der Waals surface area contributed by atoms with Gasteiger partial charge in [-0.25, -0.2) is 0 Å². The summed E-state index contributed by atoms with van der Waals surface area (Å²) in [5.74, 6) is -1.63. The molecule has 10 heteroatoms. The van der Waals surface area contributed by atoms with Gasteiger partial charge in [0.05, 0.1) is 18.2 Å². The zero-order valence-electron chi connectivity index (χ0n) is 12.0. The van der Waals surface area contributed by atoms with Gasteiger partial charge in [0.2, 0.25) is 11.8 Å². The molecule has 3 unspecified atom stereocenters. The van der Waals surface area contributed by atoms with Crippen LogP contribution in [0.3, 0.4) is 0 Å². The second-order valence-corrected chi connectivity index (χ2v) is 6.90. The summed E-state index contributed by atoms with van der Waals surface area (Å²) in [7, 11) is -3.66. The van der Waals surface area contributed by atoms with Crippen LogP contribution in [0.4, 0.5) is 0 Å². The first-order chi connectivity index (χ1) is 10.8. The van der Waals surface area contributed by atoms with Crippen LogP contribution in [0.2, 0.25) is 0 Å². The van der Waals surface area contributed by atoms with Gasteiger partial charge in [-0.1, -0.05) is 12.2 Å². The van der Waals surface area contributed by atoms with Crippen molar-refractivity contribution in [2.24, 2.45) is 0 Å². The molecular weight excluding hydrogens is 330 g/mol. The van der Waals surface area contributed by atoms with Crippen molar-refractivity contribution in [3.63, 3.8) is 0 Å². The van der Waals surface area contributed by atoms with Crippen molar-refractivity contribution in [3.8, 4) is 11.8 Å². The van der Waals surface area contributed by atoms with E-state index in [1.54, 1.807) is 12.2 Å². The molecular formula is C13H15NO8S. The quantitative estimate of drug-likeness (QED) is 0.396. The third-order valence-electron chi connectivity index (χ3n) is 4.04. The SMILES string of the molecule is COC(=O)C(CCn1c(O)c2c(c1O)C1C=CC2O1)S(=O)(=O)O. The van der Waals surface area contributed by atoms with Gasteiger partial charge >= 0.3 is 5.97 Å². The summed E-state index contributed by atoms with van der Waals surface area (Å²) in [5.41, 5.74) is 0.855. The Morgan fingerprint density at radius 1 is 1.30 bits per heavy atom. The first-order valence-corrected chi connectivity index (χ1v) is 8.28. The lowest BCUT2D eigenvalue weighted by Crippen LogP contribution is -2.32. The molecule has 3 atom stereocenters. The number of fused-ring (bicyclic) bond motifs is 5. The van der Waals surface area contributed by atoms with Gasteiger partial charge in [-0.15, -0.1) is 0 Å². The molecule has 126 valence electrons. The number of carbonyl (C=O) groups excluding carboxylic acids is 1. The van der Waals surface area contributed by atoms with Crippen LogP contribution in [0.25, 0.3) is 0 Å². The van der Waals surface area contributed by atoms with Crippen LogP contribution in [0.15, 0.2) is 12.2 Å². The Morgan fingerprint density at radius 2 is 1.83 bits per heavy atom. The van der Waals surface area contributed by atoms with E-state index in [0.717, 1.165) is 11.7 Å². The Kier molecular flexibility index (Phi) is 3.62. The summed E-state index contributed by atoms with van der Waals surface area (Å²) in [5, 5.41) is 18.7. The minimum atomic E-state index is -4.66. The lowest BCUT2D eigenvalue weighted by Gasteiger charge is -2.14. The molecule has 0 aromatic carbocycles. The maximum absolute atomic E-state index is 11.5. The average molecular weight is 345 g/mol. The van der Waals surface area contributed by atoms with Crippen molar-refractivity contribution < 1.29 is 37.5 Å². The molecule has 2 aliphatic rings. The Morgan fingerprint density at radius 3 is 2.26 bits per heavy atom. The second kappa shape index (κ2) is 5.25. The zero-order chi connectivity index (χ0) is 16.9. The van der Waals surface area contributed by atoms with E-state index in [-0.39, 0.29) is 24.7 Å². The number of methoxy groups -OCH3 is 1. The highest BCUT2D eigenvalue weighted by atomic mass is 32.2. The Bertz CT molecular complexity index is 758. The fourth-order valence-corrected chi connectivity index (χ4v) is 3.69. The normalized spacial score (nSPS) is 23.0. The highest BCUT2D eigenvalue weighted by Gasteiger charge is 2.42. The van der Waals surface area contributed by atoms with Crippen LogP contribution in [-0.4, -0.2) is 46.1 Å². The second-order valence-electron chi connectivity index (χ2n) is 5.30. The van der Waals surface area contributed by atoms with Gasteiger partial charge in [0.25, 0.3) is 10.1 Å². The first kappa shape index (κ1) is 15.8. The van der Waals surface area contributed by atoms with E-state index < -0.39 is 33.5 Å². The molecule has 1 aromatic rings. The van der Waals surface area contributed by atoms with E-state index in [9.17, 15) is 23.4 Å². The molecule has 3 rings (SSSR count). The molecule has 3 N–H and O–H groups in total. The predicted octanol–water partition coefficient (Wildman–Crippen LogP) is 0.401. The van der Waals surface area contributed by atoms with E-state index in [4.69, 9.17) is 9.29 Å². The lowest BCUT2D eigenvalue weighted by atomic mass is 10.0. The van der Waals surface area contributed by atoms with Gasteiger partial charge in [-0.2, -0.15) is 8.42 Å². The fourth-order valence-electron chi connectivity index (χ4n) is 2.95. The standard InChI is InChI=1S/C13H15NO8S/c1-21-13(17)8(23(18,19)20)4-5-14-11(15)9-6-2-3-7(22-6)10(9)12(14)16/h2-3,6-8,15-16H,4-5H2,1H3,(H,18,19,20). The molecule has 0 radical (unpaired) electrons. The minimum Gasteiger partial charge on any atom is -0.494 e. The van der Waals surface area contributed by atoms with Crippen LogP contribution in [0.1, 0.15) is 29.8 Å². The van der Waals surface area contributed by atoms with E-state index in [2.05, 4.69) is 4.74 Å². The molecule has 3 heterocycles. The number of esters is 1. The maximum atomic E-state index is 11.5. The van der Waals surface area contributed by atoms with Crippen molar-refractivity contribution in [2.75, 3.05) is 7.11 Å². The third kappa shape index (κ3) is 2.38. The molecule has 0 saturated heterocycles. The number of rotatable bonds is 5. The molecule has 2 bridgehead atoms. The summed E-state index contributed by atoms with van der Waals surface area (Å²) in [6.45, 7) is -0.205. The van der Waals surface area contributed by atoms with Gasteiger partial charge in [0, 0.05) is 6.54 Å². The van der Waals surface area contributed by atoms with Gasteiger partial charge in [-0.05, 0) is 6.42 Å². The van der Waals surface area contributed by atoms with E-state index in [1.165, 1.54) is 0 Å². The van der Waals surface area contributed by atoms with Crippen molar-refractivity contribution in [1.82, 2.24) is 4.57 Å². The van der Waals surface area contributed by atoms with E-state index >= 15 is 0 Å². The number of aromatic hydroxyl groups is 2. The number of carbonyl (C=O) groups is 1. The number of ether oxygens (including phenoxy) is 2. The highest BCUT2D eigenvalue weighted by molar-refractivity contribution is 7.87. The molecule has 2 aliphatic heterocycles. The summed E-state index contributed by atoms with van der Waals surface area (Å²) in [6.07, 6.45) is 2.20. The molecule has 9 nitrogen and oxygen atoms in total. The molecule has 0 aliphatic carbocycles. The Labute approximate surface area is 131 Å². The van der Waals surface area contributed by atoms with Crippen LogP contribution >= 0.6 is 0 Å². The van der Waals surface area contributed by atoms with Crippen molar-refractivity contribution in [2.45, 2.75) is 30.4 Å². The third-order valence-corrected chi connectivity index (χ3v) is 5.19. The number of aromatic nitrogens is 1. The smallest absolute Gasteiger partial charge is 0.326 e. The number of nitrogens with zero attached hydrogens (tertiary/aromatic N) is 1. The largest absolute Gasteiger partial charge is 0.494 e. The number of hydrogen-bond donors (Lipinski definition) is 3. The molecule has 0 spiro atoms. The topological polar surface area (TPSA) is 135 Å². The van der Waals surface area contributed by atoms with Crippen LogP contribution in [-0.2, 0) is 30.9 Å². The highest BCUT2D eigenvalue weighted by Crippen LogP contribution is 2.54. The van der Waals surface area contributed by atoms with Gasteiger partial charge in [0.15, 0.2) is 5.25 Å². The summed E-state index contributed by atoms with van der Waals surface area (Å²) < 4.78 is 42.6. The first-order valence-electron chi connectivity index (χ1n) is 6.77. The Balaban J connectivity index is 1.86. The van der Waals surface area contributed by atoms with E-state index in [1.807, 2.05) is 0 Å². The van der Waals surface area contributed by atoms with Gasteiger partial charge in [-0.3, -0.25) is 13.9 Å². The minimum absolute atomic E-state index is 0.205. The fraction of sp³-hybridized carbons (Fsp3) is 0.462. The molecule has 0 saturated carbocycles. The monoisotopic (exact) mass is 345 g/mol. The van der Waals surface area contributed by atoms with Crippen LogP contribution < -0.4 is 0 Å². The Hall–Kier alpha value is -2.04. The summed E-state index contributed by atoms with van der Waals surface area (Å²) >= 11 is 0.